The molecule has 3 heterocycles. The van der Waals surface area contributed by atoms with Gasteiger partial charge in [0.15, 0.2) is 11.6 Å². The topological polar surface area (TPSA) is 56.5 Å². The molecular formula is C50H29N5. The van der Waals surface area contributed by atoms with Crippen LogP contribution in [0.1, 0.15) is 0 Å². The van der Waals surface area contributed by atoms with Crippen LogP contribution in [0.5, 0.6) is 0 Å². The zero-order chi connectivity index (χ0) is 36.0. The summed E-state index contributed by atoms with van der Waals surface area (Å²) in [7, 11) is 0. The van der Waals surface area contributed by atoms with Gasteiger partial charge in [0.25, 0.3) is 0 Å². The van der Waals surface area contributed by atoms with Gasteiger partial charge in [-0.15, -0.1) is 0 Å². The summed E-state index contributed by atoms with van der Waals surface area (Å²) in [5.74, 6) is 1.31. The maximum Gasteiger partial charge on any atom is 0.159 e. The maximum absolute atomic E-state index is 5.33. The third kappa shape index (κ3) is 4.41. The number of aromatic nitrogens is 5. The van der Waals surface area contributed by atoms with Crippen molar-refractivity contribution in [2.45, 2.75) is 0 Å². The Morgan fingerprint density at radius 1 is 0.309 bits per heavy atom. The van der Waals surface area contributed by atoms with E-state index in [1.165, 1.54) is 43.1 Å². The van der Waals surface area contributed by atoms with E-state index in [2.05, 4.69) is 168 Å². The van der Waals surface area contributed by atoms with Crippen molar-refractivity contribution >= 4 is 86.7 Å². The summed E-state index contributed by atoms with van der Waals surface area (Å²) in [6.07, 6.45) is 3.93. The molecule has 0 aliphatic heterocycles. The second-order valence-corrected chi connectivity index (χ2v) is 14.2. The summed E-state index contributed by atoms with van der Waals surface area (Å²) in [6, 6.07) is 58.0. The van der Waals surface area contributed by atoms with Gasteiger partial charge in [0.2, 0.25) is 0 Å². The normalized spacial score (nSPS) is 12.0. The van der Waals surface area contributed by atoms with Gasteiger partial charge in [0.1, 0.15) is 11.0 Å². The van der Waals surface area contributed by atoms with Crippen LogP contribution in [0.2, 0.25) is 0 Å². The van der Waals surface area contributed by atoms with Crippen molar-refractivity contribution in [3.05, 3.63) is 176 Å². The third-order valence-electron chi connectivity index (χ3n) is 11.3. The van der Waals surface area contributed by atoms with Gasteiger partial charge in [0.05, 0.1) is 11.0 Å². The molecule has 254 valence electrons. The summed E-state index contributed by atoms with van der Waals surface area (Å²) in [5.41, 5.74) is 6.90. The van der Waals surface area contributed by atoms with E-state index in [0.717, 1.165) is 60.4 Å². The highest BCUT2D eigenvalue weighted by Crippen LogP contribution is 2.39. The lowest BCUT2D eigenvalue weighted by atomic mass is 9.93. The smallest absolute Gasteiger partial charge is 0.159 e. The second kappa shape index (κ2) is 11.5. The van der Waals surface area contributed by atoms with E-state index < -0.39 is 0 Å². The summed E-state index contributed by atoms with van der Waals surface area (Å²) in [5, 5.41) is 13.9. The Morgan fingerprint density at radius 2 is 0.727 bits per heavy atom. The fourth-order valence-electron chi connectivity index (χ4n) is 8.78. The molecule has 0 spiro atoms. The minimum Gasteiger partial charge on any atom is -0.309 e. The second-order valence-electron chi connectivity index (χ2n) is 14.2. The molecule has 0 radical (unpaired) electrons. The van der Waals surface area contributed by atoms with Crippen molar-refractivity contribution in [3.8, 4) is 28.5 Å². The number of hydrogen-bond acceptors (Lipinski definition) is 4. The molecule has 0 fully saturated rings. The standard InChI is InChI=1S/C50H29N5/c1-2-16-35-33(14-1)34-15-3-4-17-36(34)42-27-31(24-25-39(35)42)50-52-29-44-38-19-6-5-18-37(38)43-28-51-49(53-47(43)48(44)54-50)30-12-11-13-32(26-30)55-45-22-9-7-20-40(45)41-21-8-10-23-46(41)55/h1-29H. The van der Waals surface area contributed by atoms with Gasteiger partial charge in [-0.25, -0.2) is 19.9 Å². The number of para-hydroxylation sites is 2. The molecule has 0 unspecified atom stereocenters. The van der Waals surface area contributed by atoms with Crippen molar-refractivity contribution < 1.29 is 0 Å². The van der Waals surface area contributed by atoms with Crippen LogP contribution in [-0.4, -0.2) is 24.5 Å². The fourth-order valence-corrected chi connectivity index (χ4v) is 8.78. The molecular weight excluding hydrogens is 671 g/mol. The number of nitrogens with zero attached hydrogens (tertiary/aromatic N) is 5. The first kappa shape index (κ1) is 30.0. The number of hydrogen-bond donors (Lipinski definition) is 0. The van der Waals surface area contributed by atoms with Gasteiger partial charge >= 0.3 is 0 Å². The predicted octanol–water partition coefficient (Wildman–Crippen LogP) is 12.6. The molecule has 12 aromatic rings. The molecule has 0 bridgehead atoms. The van der Waals surface area contributed by atoms with Crippen molar-refractivity contribution in [2.24, 2.45) is 0 Å². The monoisotopic (exact) mass is 699 g/mol. The van der Waals surface area contributed by atoms with Gasteiger partial charge in [-0.3, -0.25) is 0 Å². The molecule has 0 saturated carbocycles. The highest BCUT2D eigenvalue weighted by atomic mass is 15.0. The highest BCUT2D eigenvalue weighted by molar-refractivity contribution is 6.26. The Labute approximate surface area is 314 Å². The molecule has 5 heteroatoms. The van der Waals surface area contributed by atoms with Gasteiger partial charge in [0, 0.05) is 50.8 Å². The van der Waals surface area contributed by atoms with Crippen LogP contribution in [0.4, 0.5) is 0 Å². The summed E-state index contributed by atoms with van der Waals surface area (Å²) >= 11 is 0. The summed E-state index contributed by atoms with van der Waals surface area (Å²) < 4.78 is 2.33. The lowest BCUT2D eigenvalue weighted by Gasteiger charge is -2.13. The number of benzene rings is 9. The molecule has 5 nitrogen and oxygen atoms in total. The van der Waals surface area contributed by atoms with Crippen LogP contribution in [-0.2, 0) is 0 Å². The highest BCUT2D eigenvalue weighted by Gasteiger charge is 2.18. The Kier molecular flexibility index (Phi) is 6.27. The fraction of sp³-hybridized carbons (Fsp3) is 0. The van der Waals surface area contributed by atoms with Crippen LogP contribution in [0.15, 0.2) is 176 Å². The van der Waals surface area contributed by atoms with E-state index in [1.807, 2.05) is 12.4 Å². The molecule has 55 heavy (non-hydrogen) atoms. The molecule has 0 amide bonds. The molecule has 0 saturated heterocycles. The average Bonchev–Trinajstić information content (AvgIpc) is 3.60. The zero-order valence-corrected chi connectivity index (χ0v) is 29.5. The van der Waals surface area contributed by atoms with Crippen LogP contribution in [0.25, 0.3) is 115 Å². The lowest BCUT2D eigenvalue weighted by molar-refractivity contribution is 1.17. The first-order chi connectivity index (χ1) is 27.3. The van der Waals surface area contributed by atoms with E-state index >= 15 is 0 Å². The molecule has 0 aliphatic rings. The first-order valence-electron chi connectivity index (χ1n) is 18.6. The van der Waals surface area contributed by atoms with E-state index in [4.69, 9.17) is 19.9 Å². The molecule has 3 aromatic heterocycles. The Bertz CT molecular complexity index is 3480. The van der Waals surface area contributed by atoms with Gasteiger partial charge < -0.3 is 4.57 Å². The number of fused-ring (bicyclic) bond motifs is 15. The Balaban J connectivity index is 1.07. The maximum atomic E-state index is 5.33. The Hall–Kier alpha value is -7.50. The van der Waals surface area contributed by atoms with Crippen molar-refractivity contribution in [1.29, 1.82) is 0 Å². The van der Waals surface area contributed by atoms with Crippen molar-refractivity contribution in [2.75, 3.05) is 0 Å². The quantitative estimate of drug-likeness (QED) is 0.172. The largest absolute Gasteiger partial charge is 0.309 e. The molecule has 0 atom stereocenters. The molecule has 0 N–H and O–H groups in total. The van der Waals surface area contributed by atoms with Gasteiger partial charge in [-0.05, 0) is 73.4 Å². The molecule has 0 aliphatic carbocycles. The van der Waals surface area contributed by atoms with Gasteiger partial charge in [-0.2, -0.15) is 0 Å². The summed E-state index contributed by atoms with van der Waals surface area (Å²) in [6.45, 7) is 0. The van der Waals surface area contributed by atoms with Crippen LogP contribution < -0.4 is 0 Å². The molecule has 9 aromatic carbocycles. The SMILES string of the molecule is c1cc(-c2ncc3c4ccccc4c4cnc(-c5ccc6c7ccccc7c7ccccc7c6c5)nc4c3n2)cc(-n2c3ccccc3c3ccccc32)c1. The molecule has 12 rings (SSSR count). The van der Waals surface area contributed by atoms with Crippen molar-refractivity contribution in [1.82, 2.24) is 24.5 Å². The van der Waals surface area contributed by atoms with Crippen LogP contribution >= 0.6 is 0 Å². The van der Waals surface area contributed by atoms with E-state index in [9.17, 15) is 0 Å². The van der Waals surface area contributed by atoms with Crippen LogP contribution in [0, 0.1) is 0 Å². The third-order valence-corrected chi connectivity index (χ3v) is 11.3. The minimum atomic E-state index is 0.649. The number of rotatable bonds is 3. The first-order valence-corrected chi connectivity index (χ1v) is 18.6. The Morgan fingerprint density at radius 3 is 1.25 bits per heavy atom. The summed E-state index contributed by atoms with van der Waals surface area (Å²) in [4.78, 5) is 20.6. The van der Waals surface area contributed by atoms with Gasteiger partial charge in [-0.1, -0.05) is 133 Å². The lowest BCUT2D eigenvalue weighted by Crippen LogP contribution is -1.98. The zero-order valence-electron chi connectivity index (χ0n) is 29.5. The van der Waals surface area contributed by atoms with E-state index in [0.29, 0.717) is 11.6 Å². The van der Waals surface area contributed by atoms with E-state index in [1.54, 1.807) is 0 Å². The predicted molar refractivity (Wildman–Crippen MR) is 228 cm³/mol. The average molecular weight is 700 g/mol. The minimum absolute atomic E-state index is 0.649. The van der Waals surface area contributed by atoms with E-state index in [-0.39, 0.29) is 0 Å². The van der Waals surface area contributed by atoms with Crippen molar-refractivity contribution in [3.63, 3.8) is 0 Å². The van der Waals surface area contributed by atoms with Crippen LogP contribution in [0.3, 0.4) is 0 Å².